The topological polar surface area (TPSA) is 49.4 Å². The number of rotatable bonds is 6. The Bertz CT molecular complexity index is 840. The van der Waals surface area contributed by atoms with E-state index >= 15 is 0 Å². The van der Waals surface area contributed by atoms with Gasteiger partial charge in [-0.3, -0.25) is 9.59 Å². The van der Waals surface area contributed by atoms with E-state index in [1.54, 1.807) is 4.90 Å². The molecule has 0 fully saturated rings. The van der Waals surface area contributed by atoms with Crippen LogP contribution in [0.4, 0.5) is 14.5 Å². The Balaban J connectivity index is 1.69. The molecule has 2 aromatic carbocycles. The van der Waals surface area contributed by atoms with Crippen LogP contribution in [0, 0.1) is 11.6 Å². The molecule has 1 aliphatic rings. The number of Topliss-reactive ketones (excluding diaryl/α,β-unsaturated/α-hetero) is 1. The lowest BCUT2D eigenvalue weighted by Gasteiger charge is -2.31. The molecular formula is C21H22F2N2O2. The van der Waals surface area contributed by atoms with Crippen LogP contribution in [0.5, 0.6) is 0 Å². The number of carbonyl (C=O) groups is 2. The number of aryl methyl sites for hydroxylation is 1. The summed E-state index contributed by atoms with van der Waals surface area (Å²) in [6.45, 7) is 1.87. The highest BCUT2D eigenvalue weighted by Crippen LogP contribution is 2.30. The fraction of sp³-hybridized carbons (Fsp3) is 0.333. The molecular weight excluding hydrogens is 350 g/mol. The maximum atomic E-state index is 14.2. The van der Waals surface area contributed by atoms with E-state index in [-0.39, 0.29) is 23.9 Å². The van der Waals surface area contributed by atoms with E-state index in [1.165, 1.54) is 13.0 Å². The minimum atomic E-state index is -0.662. The van der Waals surface area contributed by atoms with Crippen molar-refractivity contribution in [2.24, 2.45) is 0 Å². The molecule has 1 aliphatic heterocycles. The number of fused-ring (bicyclic) bond motifs is 1. The van der Waals surface area contributed by atoms with Crippen molar-refractivity contribution < 1.29 is 18.4 Å². The van der Waals surface area contributed by atoms with Gasteiger partial charge in [0.15, 0.2) is 5.78 Å². The average molecular weight is 372 g/mol. The van der Waals surface area contributed by atoms with Crippen molar-refractivity contribution in [1.29, 1.82) is 0 Å². The van der Waals surface area contributed by atoms with Crippen LogP contribution in [0.3, 0.4) is 0 Å². The van der Waals surface area contributed by atoms with Gasteiger partial charge in [-0.15, -0.1) is 0 Å². The molecule has 6 heteroatoms. The van der Waals surface area contributed by atoms with Gasteiger partial charge in [-0.2, -0.15) is 0 Å². The summed E-state index contributed by atoms with van der Waals surface area (Å²) < 4.78 is 27.7. The Morgan fingerprint density at radius 3 is 2.63 bits per heavy atom. The predicted molar refractivity (Wildman–Crippen MR) is 99.6 cm³/mol. The average Bonchev–Trinajstić information content (AvgIpc) is 2.61. The zero-order valence-corrected chi connectivity index (χ0v) is 15.2. The van der Waals surface area contributed by atoms with E-state index in [1.807, 2.05) is 30.3 Å². The first-order chi connectivity index (χ1) is 12.9. The van der Waals surface area contributed by atoms with Gasteiger partial charge >= 0.3 is 0 Å². The zero-order valence-electron chi connectivity index (χ0n) is 15.2. The summed E-state index contributed by atoms with van der Waals surface area (Å²) in [6.07, 6.45) is 1.69. The van der Waals surface area contributed by atoms with Crippen LogP contribution in [-0.4, -0.2) is 30.8 Å². The Morgan fingerprint density at radius 2 is 1.93 bits per heavy atom. The molecule has 0 radical (unpaired) electrons. The second-order valence-corrected chi connectivity index (χ2v) is 6.84. The molecule has 4 nitrogen and oxygen atoms in total. The van der Waals surface area contributed by atoms with Gasteiger partial charge < -0.3 is 10.2 Å². The highest BCUT2D eigenvalue weighted by Gasteiger charge is 2.25. The first-order valence-electron chi connectivity index (χ1n) is 9.00. The van der Waals surface area contributed by atoms with Crippen molar-refractivity contribution in [3.05, 3.63) is 65.2 Å². The number of amides is 1. The normalized spacial score (nSPS) is 14.4. The summed E-state index contributed by atoms with van der Waals surface area (Å²) in [5, 5.41) is 2.75. The minimum absolute atomic E-state index is 0.0753. The van der Waals surface area contributed by atoms with Crippen molar-refractivity contribution in [3.63, 3.8) is 0 Å². The zero-order chi connectivity index (χ0) is 19.4. The Morgan fingerprint density at radius 1 is 1.19 bits per heavy atom. The van der Waals surface area contributed by atoms with Crippen molar-refractivity contribution in [3.8, 4) is 0 Å². The molecule has 1 N–H and O–H groups in total. The fourth-order valence-electron chi connectivity index (χ4n) is 3.45. The van der Waals surface area contributed by atoms with Gasteiger partial charge in [0.2, 0.25) is 5.91 Å². The summed E-state index contributed by atoms with van der Waals surface area (Å²) in [7, 11) is 0. The van der Waals surface area contributed by atoms with Crippen LogP contribution in [0.25, 0.3) is 0 Å². The van der Waals surface area contributed by atoms with Crippen LogP contribution in [0.2, 0.25) is 0 Å². The number of anilines is 1. The molecule has 0 saturated carbocycles. The molecule has 0 saturated heterocycles. The quantitative estimate of drug-likeness (QED) is 0.848. The second kappa shape index (κ2) is 8.29. The number of halogens is 2. The van der Waals surface area contributed by atoms with E-state index in [2.05, 4.69) is 5.32 Å². The van der Waals surface area contributed by atoms with Crippen molar-refractivity contribution in [2.45, 2.75) is 32.2 Å². The van der Waals surface area contributed by atoms with Gasteiger partial charge in [0.1, 0.15) is 11.6 Å². The minimum Gasteiger partial charge on any atom is -0.360 e. The highest BCUT2D eigenvalue weighted by molar-refractivity contribution is 5.89. The van der Waals surface area contributed by atoms with Gasteiger partial charge in [0.25, 0.3) is 0 Å². The first kappa shape index (κ1) is 19.0. The number of ketones is 1. The molecule has 27 heavy (non-hydrogen) atoms. The molecule has 0 unspecified atom stereocenters. The third-order valence-electron chi connectivity index (χ3n) is 4.74. The molecule has 1 amide bonds. The SMILES string of the molecule is CC(=O)[C@@H](Cc1ccccc1)NC(=O)CN1CCCc2cc(F)cc(F)c21. The lowest BCUT2D eigenvalue weighted by atomic mass is 10.0. The van der Waals surface area contributed by atoms with Crippen molar-refractivity contribution in [2.75, 3.05) is 18.0 Å². The molecule has 0 spiro atoms. The first-order valence-corrected chi connectivity index (χ1v) is 9.00. The van der Waals surface area contributed by atoms with E-state index in [0.717, 1.165) is 11.6 Å². The number of hydrogen-bond donors (Lipinski definition) is 1. The summed E-state index contributed by atoms with van der Waals surface area (Å²) in [5.41, 5.74) is 1.79. The van der Waals surface area contributed by atoms with Gasteiger partial charge in [0, 0.05) is 12.6 Å². The summed E-state index contributed by atoms with van der Waals surface area (Å²) in [5.74, 6) is -1.77. The molecule has 142 valence electrons. The molecule has 0 aromatic heterocycles. The van der Waals surface area contributed by atoms with E-state index in [0.29, 0.717) is 31.4 Å². The molecule has 0 bridgehead atoms. The number of nitrogens with one attached hydrogen (secondary N) is 1. The number of hydrogen-bond acceptors (Lipinski definition) is 3. The van der Waals surface area contributed by atoms with Gasteiger partial charge in [0.05, 0.1) is 18.3 Å². The maximum absolute atomic E-state index is 14.2. The van der Waals surface area contributed by atoms with Crippen LogP contribution < -0.4 is 10.2 Å². The largest absolute Gasteiger partial charge is 0.360 e. The molecule has 2 aromatic rings. The van der Waals surface area contributed by atoms with Gasteiger partial charge in [-0.1, -0.05) is 30.3 Å². The third-order valence-corrected chi connectivity index (χ3v) is 4.74. The monoisotopic (exact) mass is 372 g/mol. The standard InChI is InChI=1S/C21H22F2N2O2/c1-14(26)19(10-15-6-3-2-4-7-15)24-20(27)13-25-9-5-8-16-11-17(22)12-18(23)21(16)25/h2-4,6-7,11-12,19H,5,8-10,13H2,1H3,(H,24,27)/t19-/m1/s1. The second-order valence-electron chi connectivity index (χ2n) is 6.84. The lowest BCUT2D eigenvalue weighted by Crippen LogP contribution is -2.47. The van der Waals surface area contributed by atoms with Gasteiger partial charge in [-0.25, -0.2) is 8.78 Å². The Labute approximate surface area is 157 Å². The Hall–Kier alpha value is -2.76. The van der Waals surface area contributed by atoms with Crippen LogP contribution in [0.15, 0.2) is 42.5 Å². The van der Waals surface area contributed by atoms with Crippen LogP contribution >= 0.6 is 0 Å². The highest BCUT2D eigenvalue weighted by atomic mass is 19.1. The summed E-state index contributed by atoms with van der Waals surface area (Å²) in [4.78, 5) is 26.1. The summed E-state index contributed by atoms with van der Waals surface area (Å²) >= 11 is 0. The van der Waals surface area contributed by atoms with Crippen LogP contribution in [-0.2, 0) is 22.4 Å². The fourth-order valence-corrected chi connectivity index (χ4v) is 3.45. The maximum Gasteiger partial charge on any atom is 0.240 e. The van der Waals surface area contributed by atoms with Crippen molar-refractivity contribution >= 4 is 17.4 Å². The number of nitrogens with zero attached hydrogens (tertiary/aromatic N) is 1. The molecule has 1 atom stereocenters. The smallest absolute Gasteiger partial charge is 0.240 e. The van der Waals surface area contributed by atoms with E-state index < -0.39 is 17.7 Å². The molecule has 1 heterocycles. The van der Waals surface area contributed by atoms with Crippen LogP contribution in [0.1, 0.15) is 24.5 Å². The summed E-state index contributed by atoms with van der Waals surface area (Å²) in [6, 6.07) is 10.9. The van der Waals surface area contributed by atoms with E-state index in [9.17, 15) is 18.4 Å². The molecule has 0 aliphatic carbocycles. The lowest BCUT2D eigenvalue weighted by molar-refractivity contribution is -0.126. The Kier molecular flexibility index (Phi) is 5.84. The van der Waals surface area contributed by atoms with Gasteiger partial charge in [-0.05, 0) is 43.4 Å². The number of benzene rings is 2. The predicted octanol–water partition coefficient (Wildman–Crippen LogP) is 3.03. The third kappa shape index (κ3) is 4.70. The molecule has 3 rings (SSSR count). The van der Waals surface area contributed by atoms with E-state index in [4.69, 9.17) is 0 Å². The number of carbonyl (C=O) groups excluding carboxylic acids is 2. The van der Waals surface area contributed by atoms with Crippen molar-refractivity contribution in [1.82, 2.24) is 5.32 Å².